The van der Waals surface area contributed by atoms with Crippen molar-refractivity contribution in [3.8, 4) is 0 Å². The van der Waals surface area contributed by atoms with Crippen molar-refractivity contribution < 1.29 is 12.8 Å². The maximum atomic E-state index is 15.0. The maximum Gasteiger partial charge on any atom is 0.243 e. The van der Waals surface area contributed by atoms with Crippen LogP contribution >= 0.6 is 0 Å². The number of nitrogens with one attached hydrogen (secondary N) is 1. The van der Waals surface area contributed by atoms with Crippen molar-refractivity contribution in [3.63, 3.8) is 0 Å². The van der Waals surface area contributed by atoms with E-state index in [0.29, 0.717) is 30.0 Å². The number of nitrogens with zero attached hydrogens (tertiary/aromatic N) is 3. The molecule has 1 aromatic heterocycles. The Hall–Kier alpha value is -2.55. The third kappa shape index (κ3) is 3.26. The molecule has 1 spiro atoms. The summed E-state index contributed by atoms with van der Waals surface area (Å²) in [7, 11) is 0.173. The Morgan fingerprint density at radius 3 is 2.61 bits per heavy atom. The van der Waals surface area contributed by atoms with Crippen molar-refractivity contribution in [2.45, 2.75) is 42.2 Å². The normalized spacial score (nSPS) is 29.2. The van der Waals surface area contributed by atoms with Crippen molar-refractivity contribution in [2.24, 2.45) is 12.5 Å². The van der Waals surface area contributed by atoms with Crippen LogP contribution in [0.15, 0.2) is 59.8 Å². The Labute approximate surface area is 193 Å². The van der Waals surface area contributed by atoms with Crippen LogP contribution < -0.4 is 4.72 Å². The fraction of sp³-hybridized carbons (Fsp3) is 0.400. The molecule has 33 heavy (non-hydrogen) atoms. The summed E-state index contributed by atoms with van der Waals surface area (Å²) in [6, 6.07) is 15.4. The van der Waals surface area contributed by atoms with Gasteiger partial charge >= 0.3 is 0 Å². The number of benzene rings is 2. The monoisotopic (exact) mass is 466 g/mol. The lowest BCUT2D eigenvalue weighted by Gasteiger charge is -2.29. The standard InChI is InChI=1S/C25H27FN4O2S/c1-29-15-19(14-27-29)33(31,32)28-9-8-17-11-20-18(12-22(17)26)13-25(23-24(25)30(23)2)21(20)10-16-6-4-3-5-7-16/h3-7,11-12,14-15,21,23-24,28H,8-10,13H2,1-2H3. The molecule has 2 aromatic carbocycles. The highest BCUT2D eigenvalue weighted by atomic mass is 32.2. The summed E-state index contributed by atoms with van der Waals surface area (Å²) in [4.78, 5) is 2.52. The zero-order valence-electron chi connectivity index (χ0n) is 18.7. The lowest BCUT2D eigenvalue weighted by Crippen LogP contribution is -2.31. The molecule has 6 nitrogen and oxygen atoms in total. The number of rotatable bonds is 7. The van der Waals surface area contributed by atoms with Gasteiger partial charge in [0.15, 0.2) is 0 Å². The molecule has 3 aliphatic rings. The van der Waals surface area contributed by atoms with Gasteiger partial charge in [-0.15, -0.1) is 0 Å². The van der Waals surface area contributed by atoms with Crippen molar-refractivity contribution >= 4 is 10.0 Å². The third-order valence-corrected chi connectivity index (χ3v) is 9.28. The van der Waals surface area contributed by atoms with Crippen molar-refractivity contribution in [1.82, 2.24) is 19.4 Å². The third-order valence-electron chi connectivity index (χ3n) is 7.87. The SMILES string of the molecule is CN1C2C1C21Cc2cc(F)c(CCNS(=O)(=O)c3cnn(C)c3)cc2C1Cc1ccccc1. The molecule has 6 rings (SSSR count). The van der Waals surface area contributed by atoms with Gasteiger partial charge < -0.3 is 0 Å². The predicted octanol–water partition coefficient (Wildman–Crippen LogP) is 2.65. The van der Waals surface area contributed by atoms with Gasteiger partial charge in [0.1, 0.15) is 10.7 Å². The summed E-state index contributed by atoms with van der Waals surface area (Å²) in [5.41, 5.74) is 4.47. The van der Waals surface area contributed by atoms with E-state index in [1.54, 1.807) is 13.1 Å². The van der Waals surface area contributed by atoms with Crippen LogP contribution in [0.5, 0.6) is 0 Å². The van der Waals surface area contributed by atoms with Gasteiger partial charge in [0.05, 0.1) is 6.20 Å². The molecular weight excluding hydrogens is 439 g/mol. The van der Waals surface area contributed by atoms with Crippen LogP contribution in [0.4, 0.5) is 4.39 Å². The van der Waals surface area contributed by atoms with E-state index < -0.39 is 10.0 Å². The van der Waals surface area contributed by atoms with Crippen molar-refractivity contribution in [3.05, 3.63) is 82.9 Å². The molecular formula is C25H27FN4O2S. The van der Waals surface area contributed by atoms with Crippen LogP contribution in [0.25, 0.3) is 0 Å². The summed E-state index contributed by atoms with van der Waals surface area (Å²) in [5, 5.41) is 3.91. The second kappa shape index (κ2) is 7.22. The van der Waals surface area contributed by atoms with E-state index in [1.807, 2.05) is 12.1 Å². The van der Waals surface area contributed by atoms with Gasteiger partial charge in [0.25, 0.3) is 0 Å². The molecule has 1 aliphatic heterocycles. The topological polar surface area (TPSA) is 67.0 Å². The molecule has 2 heterocycles. The largest absolute Gasteiger partial charge is 0.296 e. The van der Waals surface area contributed by atoms with Gasteiger partial charge in [-0.05, 0) is 60.5 Å². The summed E-state index contributed by atoms with van der Waals surface area (Å²) in [6.45, 7) is 0.134. The molecule has 0 amide bonds. The summed E-state index contributed by atoms with van der Waals surface area (Å²) < 4.78 is 44.0. The van der Waals surface area contributed by atoms with E-state index >= 15 is 4.39 Å². The van der Waals surface area contributed by atoms with Crippen molar-refractivity contribution in [1.29, 1.82) is 0 Å². The minimum Gasteiger partial charge on any atom is -0.296 e. The number of aromatic nitrogens is 2. The number of hydrogen-bond donors (Lipinski definition) is 1. The second-order valence-electron chi connectivity index (χ2n) is 9.73. The second-order valence-corrected chi connectivity index (χ2v) is 11.5. The van der Waals surface area contributed by atoms with Crippen molar-refractivity contribution in [2.75, 3.05) is 13.6 Å². The molecule has 1 saturated heterocycles. The van der Waals surface area contributed by atoms with Crippen LogP contribution in [0, 0.1) is 11.2 Å². The van der Waals surface area contributed by atoms with Gasteiger partial charge in [-0.25, -0.2) is 17.5 Å². The highest BCUT2D eigenvalue weighted by molar-refractivity contribution is 7.89. The van der Waals surface area contributed by atoms with E-state index in [2.05, 4.69) is 46.0 Å². The van der Waals surface area contributed by atoms with Crippen LogP contribution in [0.2, 0.25) is 0 Å². The molecule has 0 radical (unpaired) electrons. The van der Waals surface area contributed by atoms with E-state index in [1.165, 1.54) is 28.2 Å². The zero-order chi connectivity index (χ0) is 23.0. The Balaban J connectivity index is 1.23. The quantitative estimate of drug-likeness (QED) is 0.544. The number of aryl methyl sites for hydroxylation is 1. The van der Waals surface area contributed by atoms with Gasteiger partial charge in [-0.2, -0.15) is 5.10 Å². The molecule has 1 saturated carbocycles. The Morgan fingerprint density at radius 2 is 1.94 bits per heavy atom. The molecule has 1 N–H and O–H groups in total. The first-order valence-electron chi connectivity index (χ1n) is 11.4. The minimum atomic E-state index is -3.66. The molecule has 2 aliphatic carbocycles. The average molecular weight is 467 g/mol. The van der Waals surface area contributed by atoms with E-state index in [0.717, 1.165) is 18.4 Å². The molecule has 3 aromatic rings. The molecule has 2 fully saturated rings. The summed E-state index contributed by atoms with van der Waals surface area (Å²) in [5.74, 6) is 0.125. The van der Waals surface area contributed by atoms with Crippen LogP contribution in [-0.4, -0.2) is 48.8 Å². The number of fused-ring (bicyclic) bond motifs is 4. The highest BCUT2D eigenvalue weighted by Gasteiger charge is 2.84. The highest BCUT2D eigenvalue weighted by Crippen LogP contribution is 2.76. The Kier molecular flexibility index (Phi) is 4.60. The Morgan fingerprint density at radius 1 is 1.18 bits per heavy atom. The fourth-order valence-corrected chi connectivity index (χ4v) is 7.25. The van der Waals surface area contributed by atoms with Gasteiger partial charge in [-0.3, -0.25) is 9.58 Å². The summed E-state index contributed by atoms with van der Waals surface area (Å²) in [6.07, 6.45) is 4.95. The smallest absolute Gasteiger partial charge is 0.243 e. The van der Waals surface area contributed by atoms with Gasteiger partial charge in [0, 0.05) is 37.3 Å². The first kappa shape index (κ1) is 21.0. The average Bonchev–Trinajstić information content (AvgIpc) is 3.54. The van der Waals surface area contributed by atoms with Gasteiger partial charge in [-0.1, -0.05) is 36.4 Å². The number of likely N-dealkylation sites (N-methyl/N-ethyl adjacent to an activating group) is 1. The van der Waals surface area contributed by atoms with E-state index in [4.69, 9.17) is 0 Å². The molecule has 172 valence electrons. The molecule has 3 unspecified atom stereocenters. The van der Waals surface area contributed by atoms with E-state index in [-0.39, 0.29) is 22.7 Å². The number of hydrogen-bond acceptors (Lipinski definition) is 4. The minimum absolute atomic E-state index is 0.112. The first-order valence-corrected chi connectivity index (χ1v) is 12.8. The van der Waals surface area contributed by atoms with Crippen LogP contribution in [0.3, 0.4) is 0 Å². The Bertz CT molecular complexity index is 1330. The predicted molar refractivity (Wildman–Crippen MR) is 123 cm³/mol. The number of likely N-dealkylation sites (tertiary alicyclic amines) is 1. The zero-order valence-corrected chi connectivity index (χ0v) is 19.5. The van der Waals surface area contributed by atoms with Gasteiger partial charge in [0.2, 0.25) is 10.0 Å². The molecule has 3 atom stereocenters. The number of sulfonamides is 1. The molecule has 8 heteroatoms. The fourth-order valence-electron chi connectivity index (χ4n) is 6.24. The summed E-state index contributed by atoms with van der Waals surface area (Å²) >= 11 is 0. The number of halogens is 1. The lowest BCUT2D eigenvalue weighted by molar-refractivity contribution is 0.226. The maximum absolute atomic E-state index is 15.0. The first-order chi connectivity index (χ1) is 15.8. The van der Waals surface area contributed by atoms with Crippen LogP contribution in [-0.2, 0) is 36.3 Å². The van der Waals surface area contributed by atoms with Crippen LogP contribution in [0.1, 0.15) is 28.2 Å². The molecule has 0 bridgehead atoms. The van der Waals surface area contributed by atoms with E-state index in [9.17, 15) is 8.42 Å². The lowest BCUT2D eigenvalue weighted by atomic mass is 9.81.